The van der Waals surface area contributed by atoms with E-state index >= 15 is 0 Å². The summed E-state index contributed by atoms with van der Waals surface area (Å²) >= 11 is 0. The normalized spacial score (nSPS) is 22.5. The molecule has 4 heteroatoms. The Kier molecular flexibility index (Phi) is 3.60. The van der Waals surface area contributed by atoms with Gasteiger partial charge in [-0.25, -0.2) is 0 Å². The highest BCUT2D eigenvalue weighted by Crippen LogP contribution is 2.30. The summed E-state index contributed by atoms with van der Waals surface area (Å²) in [6.07, 6.45) is 0.874. The van der Waals surface area contributed by atoms with Gasteiger partial charge in [-0.05, 0) is 25.8 Å². The standard InChI is InChI=1S/C15H19NO3/c1-11-4-3-5-12(8-11)9-13(17)16-7-6-15(2,10-16)14(18)19/h3-5,8H,6-7,9-10H2,1-2H3,(H,18,19). The Balaban J connectivity index is 2.01. The van der Waals surface area contributed by atoms with Crippen molar-refractivity contribution in [2.24, 2.45) is 5.41 Å². The first-order valence-corrected chi connectivity index (χ1v) is 6.47. The van der Waals surface area contributed by atoms with Crippen LogP contribution in [0.5, 0.6) is 0 Å². The lowest BCUT2D eigenvalue weighted by molar-refractivity contribution is -0.147. The largest absolute Gasteiger partial charge is 0.481 e. The number of nitrogens with zero attached hydrogens (tertiary/aromatic N) is 1. The van der Waals surface area contributed by atoms with Gasteiger partial charge in [-0.2, -0.15) is 0 Å². The molecule has 1 fully saturated rings. The van der Waals surface area contributed by atoms with Gasteiger partial charge >= 0.3 is 5.97 Å². The van der Waals surface area contributed by atoms with Gasteiger partial charge in [-0.15, -0.1) is 0 Å². The van der Waals surface area contributed by atoms with Crippen molar-refractivity contribution in [3.63, 3.8) is 0 Å². The third-order valence-electron chi connectivity index (χ3n) is 3.78. The summed E-state index contributed by atoms with van der Waals surface area (Å²) in [5.74, 6) is -0.811. The van der Waals surface area contributed by atoms with Gasteiger partial charge in [0.05, 0.1) is 11.8 Å². The highest BCUT2D eigenvalue weighted by molar-refractivity contribution is 5.82. The van der Waals surface area contributed by atoms with Gasteiger partial charge in [0.1, 0.15) is 0 Å². The van der Waals surface area contributed by atoms with Gasteiger partial charge < -0.3 is 10.0 Å². The zero-order valence-corrected chi connectivity index (χ0v) is 11.3. The van der Waals surface area contributed by atoms with Gasteiger partial charge in [-0.3, -0.25) is 9.59 Å². The fourth-order valence-electron chi connectivity index (χ4n) is 2.46. The van der Waals surface area contributed by atoms with E-state index in [-0.39, 0.29) is 5.91 Å². The maximum absolute atomic E-state index is 12.2. The number of aryl methyl sites for hydroxylation is 1. The molecule has 0 bridgehead atoms. The minimum atomic E-state index is -0.821. The third-order valence-corrected chi connectivity index (χ3v) is 3.78. The molecule has 1 aliphatic rings. The van der Waals surface area contributed by atoms with Crippen LogP contribution in [0.25, 0.3) is 0 Å². The number of hydrogen-bond acceptors (Lipinski definition) is 2. The Morgan fingerprint density at radius 1 is 1.42 bits per heavy atom. The number of hydrogen-bond donors (Lipinski definition) is 1. The van der Waals surface area contributed by atoms with Crippen LogP contribution in [-0.4, -0.2) is 35.0 Å². The molecule has 0 radical (unpaired) electrons. The molecular weight excluding hydrogens is 242 g/mol. The summed E-state index contributed by atoms with van der Waals surface area (Å²) in [7, 11) is 0. The zero-order valence-electron chi connectivity index (χ0n) is 11.3. The minimum absolute atomic E-state index is 0.00979. The number of likely N-dealkylation sites (tertiary alicyclic amines) is 1. The van der Waals surface area contributed by atoms with Gasteiger partial charge in [0.2, 0.25) is 5.91 Å². The summed E-state index contributed by atoms with van der Waals surface area (Å²) in [6, 6.07) is 7.84. The van der Waals surface area contributed by atoms with Crippen LogP contribution in [0.1, 0.15) is 24.5 Å². The molecule has 0 aromatic heterocycles. The Morgan fingerprint density at radius 3 is 2.74 bits per heavy atom. The molecule has 1 heterocycles. The van der Waals surface area contributed by atoms with Crippen molar-refractivity contribution in [1.82, 2.24) is 4.90 Å². The summed E-state index contributed by atoms with van der Waals surface area (Å²) in [4.78, 5) is 25.0. The molecule has 1 amide bonds. The zero-order chi connectivity index (χ0) is 14.0. The van der Waals surface area contributed by atoms with Crippen molar-refractivity contribution in [3.8, 4) is 0 Å². The molecule has 1 N–H and O–H groups in total. The summed E-state index contributed by atoms with van der Waals surface area (Å²) in [5, 5.41) is 9.16. The predicted octanol–water partition coefficient (Wildman–Crippen LogP) is 1.86. The Morgan fingerprint density at radius 2 is 2.16 bits per heavy atom. The van der Waals surface area contributed by atoms with Crippen molar-refractivity contribution >= 4 is 11.9 Å². The molecule has 19 heavy (non-hydrogen) atoms. The average Bonchev–Trinajstić information content (AvgIpc) is 2.73. The summed E-state index contributed by atoms with van der Waals surface area (Å²) in [5.41, 5.74) is 1.32. The third kappa shape index (κ3) is 2.95. The Bertz CT molecular complexity index is 512. The van der Waals surface area contributed by atoms with E-state index in [4.69, 9.17) is 5.11 Å². The molecule has 0 spiro atoms. The molecule has 0 saturated carbocycles. The maximum atomic E-state index is 12.2. The lowest BCUT2D eigenvalue weighted by Crippen LogP contribution is -2.35. The summed E-state index contributed by atoms with van der Waals surface area (Å²) < 4.78 is 0. The molecule has 2 rings (SSSR count). The van der Waals surface area contributed by atoms with Crippen molar-refractivity contribution in [3.05, 3.63) is 35.4 Å². The Hall–Kier alpha value is -1.84. The quantitative estimate of drug-likeness (QED) is 0.903. The van der Waals surface area contributed by atoms with Crippen LogP contribution in [0, 0.1) is 12.3 Å². The molecule has 1 atom stereocenters. The lowest BCUT2D eigenvalue weighted by Gasteiger charge is -2.20. The molecule has 1 saturated heterocycles. The van der Waals surface area contributed by atoms with Gasteiger partial charge in [-0.1, -0.05) is 29.8 Å². The second-order valence-corrected chi connectivity index (χ2v) is 5.60. The molecule has 1 aliphatic heterocycles. The number of carbonyl (C=O) groups is 2. The number of rotatable bonds is 3. The molecule has 1 unspecified atom stereocenters. The SMILES string of the molecule is Cc1cccc(CC(=O)N2CCC(C)(C(=O)O)C2)c1. The topological polar surface area (TPSA) is 57.6 Å². The van der Waals surface area contributed by atoms with E-state index < -0.39 is 11.4 Å². The lowest BCUT2D eigenvalue weighted by atomic mass is 9.90. The van der Waals surface area contributed by atoms with Crippen molar-refractivity contribution in [2.75, 3.05) is 13.1 Å². The second kappa shape index (κ2) is 5.03. The van der Waals surface area contributed by atoms with Gasteiger partial charge in [0, 0.05) is 13.1 Å². The fraction of sp³-hybridized carbons (Fsp3) is 0.467. The number of benzene rings is 1. The van der Waals surface area contributed by atoms with Gasteiger partial charge in [0.15, 0.2) is 0 Å². The minimum Gasteiger partial charge on any atom is -0.481 e. The van der Waals surface area contributed by atoms with Crippen molar-refractivity contribution in [1.29, 1.82) is 0 Å². The van der Waals surface area contributed by atoms with E-state index in [1.807, 2.05) is 31.2 Å². The Labute approximate surface area is 113 Å². The maximum Gasteiger partial charge on any atom is 0.311 e. The number of amides is 1. The highest BCUT2D eigenvalue weighted by Gasteiger charge is 2.41. The molecular formula is C15H19NO3. The monoisotopic (exact) mass is 261 g/mol. The van der Waals surface area contributed by atoms with Crippen LogP contribution in [0.15, 0.2) is 24.3 Å². The first kappa shape index (κ1) is 13.6. The van der Waals surface area contributed by atoms with Crippen LogP contribution < -0.4 is 0 Å². The van der Waals surface area contributed by atoms with E-state index in [0.29, 0.717) is 25.9 Å². The number of carbonyl (C=O) groups excluding carboxylic acids is 1. The molecule has 1 aromatic carbocycles. The van der Waals surface area contributed by atoms with E-state index in [9.17, 15) is 9.59 Å². The summed E-state index contributed by atoms with van der Waals surface area (Å²) in [6.45, 7) is 4.54. The number of carboxylic acids is 1. The van der Waals surface area contributed by atoms with Crippen LogP contribution >= 0.6 is 0 Å². The first-order valence-electron chi connectivity index (χ1n) is 6.47. The van der Waals surface area contributed by atoms with E-state index in [2.05, 4.69) is 0 Å². The highest BCUT2D eigenvalue weighted by atomic mass is 16.4. The van der Waals surface area contributed by atoms with Crippen LogP contribution in [0.2, 0.25) is 0 Å². The smallest absolute Gasteiger partial charge is 0.311 e. The first-order chi connectivity index (χ1) is 8.90. The van der Waals surface area contributed by atoms with Crippen molar-refractivity contribution in [2.45, 2.75) is 26.7 Å². The molecule has 0 aliphatic carbocycles. The predicted molar refractivity (Wildman–Crippen MR) is 71.8 cm³/mol. The van der Waals surface area contributed by atoms with Crippen LogP contribution in [0.3, 0.4) is 0 Å². The average molecular weight is 261 g/mol. The molecule has 102 valence electrons. The fourth-order valence-corrected chi connectivity index (χ4v) is 2.46. The molecule has 1 aromatic rings. The van der Waals surface area contributed by atoms with Gasteiger partial charge in [0.25, 0.3) is 0 Å². The van der Waals surface area contributed by atoms with E-state index in [1.165, 1.54) is 0 Å². The van der Waals surface area contributed by atoms with E-state index in [1.54, 1.807) is 11.8 Å². The number of carboxylic acid groups (broad SMARTS) is 1. The van der Waals surface area contributed by atoms with Crippen LogP contribution in [-0.2, 0) is 16.0 Å². The number of aliphatic carboxylic acids is 1. The van der Waals surface area contributed by atoms with E-state index in [0.717, 1.165) is 11.1 Å². The van der Waals surface area contributed by atoms with Crippen LogP contribution in [0.4, 0.5) is 0 Å². The molecule has 4 nitrogen and oxygen atoms in total. The second-order valence-electron chi connectivity index (χ2n) is 5.60. The van der Waals surface area contributed by atoms with Crippen molar-refractivity contribution < 1.29 is 14.7 Å².